The number of methoxy groups -OCH3 is 1. The lowest BCUT2D eigenvalue weighted by Crippen LogP contribution is -2.52. The van der Waals surface area contributed by atoms with Gasteiger partial charge < -0.3 is 15.0 Å². The fourth-order valence-electron chi connectivity index (χ4n) is 3.26. The molecule has 0 saturated carbocycles. The second-order valence-electron chi connectivity index (χ2n) is 8.12. The highest BCUT2D eigenvalue weighted by Crippen LogP contribution is 2.24. The van der Waals surface area contributed by atoms with Crippen LogP contribution in [-0.2, 0) is 26.2 Å². The summed E-state index contributed by atoms with van der Waals surface area (Å²) in [6, 6.07) is 13.0. The lowest BCUT2D eigenvalue weighted by molar-refractivity contribution is -0.139. The summed E-state index contributed by atoms with van der Waals surface area (Å²) in [5.74, 6) is -0.337. The van der Waals surface area contributed by atoms with Crippen molar-refractivity contribution in [3.05, 3.63) is 58.6 Å². The zero-order valence-electron chi connectivity index (χ0n) is 20.1. The Hall–Kier alpha value is -2.59. The summed E-state index contributed by atoms with van der Waals surface area (Å²) in [7, 11) is -2.32. The molecule has 2 amide bonds. The molecule has 0 aromatic heterocycles. The van der Waals surface area contributed by atoms with E-state index in [1.807, 2.05) is 38.1 Å². The molecule has 0 radical (unpaired) electrons. The van der Waals surface area contributed by atoms with Gasteiger partial charge in [0.25, 0.3) is 0 Å². The van der Waals surface area contributed by atoms with Crippen LogP contribution in [0.1, 0.15) is 32.8 Å². The number of anilines is 1. The van der Waals surface area contributed by atoms with E-state index in [1.54, 1.807) is 31.2 Å². The van der Waals surface area contributed by atoms with Crippen LogP contribution in [0, 0.1) is 0 Å². The summed E-state index contributed by atoms with van der Waals surface area (Å²) >= 11 is 3.43. The van der Waals surface area contributed by atoms with Crippen LogP contribution in [0.4, 0.5) is 5.69 Å². The standard InChI is InChI=1S/C24H32BrN3O5S/c1-6-17(2)26-24(30)18(3)27(15-19-9-7-10-20(25)13-19)23(29)16-28(34(5,31)32)21-11-8-12-22(14-21)33-4/h7-14,17-18H,6,15-16H2,1-5H3,(H,26,30)/t17-,18-/m0/s1. The SMILES string of the molecule is CC[C@H](C)NC(=O)[C@H](C)N(Cc1cccc(Br)c1)C(=O)CN(c1cccc(OC)c1)S(C)(=O)=O. The number of nitrogens with zero attached hydrogens (tertiary/aromatic N) is 2. The van der Waals surface area contributed by atoms with Crippen LogP contribution in [0.15, 0.2) is 53.0 Å². The first kappa shape index (κ1) is 27.7. The van der Waals surface area contributed by atoms with Crippen LogP contribution in [0.5, 0.6) is 5.75 Å². The lowest BCUT2D eigenvalue weighted by atomic mass is 10.1. The van der Waals surface area contributed by atoms with Crippen molar-refractivity contribution in [2.45, 2.75) is 45.8 Å². The Morgan fingerprint density at radius 1 is 1.12 bits per heavy atom. The number of hydrogen-bond acceptors (Lipinski definition) is 5. The van der Waals surface area contributed by atoms with Crippen LogP contribution < -0.4 is 14.4 Å². The van der Waals surface area contributed by atoms with Gasteiger partial charge in [0.1, 0.15) is 18.3 Å². The van der Waals surface area contributed by atoms with Gasteiger partial charge in [-0.3, -0.25) is 13.9 Å². The summed E-state index contributed by atoms with van der Waals surface area (Å²) < 4.78 is 32.3. The van der Waals surface area contributed by atoms with E-state index < -0.39 is 28.5 Å². The van der Waals surface area contributed by atoms with Crippen molar-refractivity contribution in [3.63, 3.8) is 0 Å². The van der Waals surface area contributed by atoms with Crippen molar-refractivity contribution < 1.29 is 22.7 Å². The van der Waals surface area contributed by atoms with Gasteiger partial charge in [-0.2, -0.15) is 0 Å². The van der Waals surface area contributed by atoms with Gasteiger partial charge in [-0.25, -0.2) is 8.42 Å². The molecule has 0 bridgehead atoms. The van der Waals surface area contributed by atoms with Gasteiger partial charge in [-0.05, 0) is 50.1 Å². The number of halogens is 1. The van der Waals surface area contributed by atoms with E-state index in [-0.39, 0.29) is 18.5 Å². The second kappa shape index (κ2) is 12.2. The zero-order valence-corrected chi connectivity index (χ0v) is 22.5. The van der Waals surface area contributed by atoms with Crippen LogP contribution in [-0.4, -0.2) is 57.1 Å². The van der Waals surface area contributed by atoms with Crippen LogP contribution >= 0.6 is 15.9 Å². The number of nitrogens with one attached hydrogen (secondary N) is 1. The average Bonchev–Trinajstić information content (AvgIpc) is 2.79. The molecule has 0 aliphatic carbocycles. The third kappa shape index (κ3) is 7.73. The molecule has 0 spiro atoms. The molecule has 34 heavy (non-hydrogen) atoms. The number of hydrogen-bond donors (Lipinski definition) is 1. The van der Waals surface area contributed by atoms with Gasteiger partial charge in [0.15, 0.2) is 0 Å². The maximum atomic E-state index is 13.5. The lowest BCUT2D eigenvalue weighted by Gasteiger charge is -2.32. The first-order valence-electron chi connectivity index (χ1n) is 10.9. The molecule has 0 fully saturated rings. The van der Waals surface area contributed by atoms with Gasteiger partial charge >= 0.3 is 0 Å². The first-order chi connectivity index (χ1) is 16.0. The highest BCUT2D eigenvalue weighted by atomic mass is 79.9. The highest BCUT2D eigenvalue weighted by molar-refractivity contribution is 9.10. The molecule has 10 heteroatoms. The van der Waals surface area contributed by atoms with Gasteiger partial charge in [0, 0.05) is 23.1 Å². The Balaban J connectivity index is 2.40. The van der Waals surface area contributed by atoms with E-state index >= 15 is 0 Å². The van der Waals surface area contributed by atoms with Gasteiger partial charge in [0.2, 0.25) is 21.8 Å². The molecule has 0 unspecified atom stereocenters. The molecule has 2 rings (SSSR count). The normalized spacial score (nSPS) is 13.0. The molecule has 0 saturated heterocycles. The first-order valence-corrected chi connectivity index (χ1v) is 13.6. The van der Waals surface area contributed by atoms with Gasteiger partial charge in [0.05, 0.1) is 19.1 Å². The second-order valence-corrected chi connectivity index (χ2v) is 10.9. The maximum absolute atomic E-state index is 13.5. The van der Waals surface area contributed by atoms with Gasteiger partial charge in [-0.1, -0.05) is 41.1 Å². The fraction of sp³-hybridized carbons (Fsp3) is 0.417. The predicted octanol–water partition coefficient (Wildman–Crippen LogP) is 3.56. The monoisotopic (exact) mass is 553 g/mol. The van der Waals surface area contributed by atoms with E-state index in [2.05, 4.69) is 21.2 Å². The average molecular weight is 555 g/mol. The van der Waals surface area contributed by atoms with E-state index in [0.717, 1.165) is 27.0 Å². The third-order valence-electron chi connectivity index (χ3n) is 5.43. The Morgan fingerprint density at radius 3 is 2.38 bits per heavy atom. The summed E-state index contributed by atoms with van der Waals surface area (Å²) in [4.78, 5) is 27.8. The van der Waals surface area contributed by atoms with Crippen LogP contribution in [0.3, 0.4) is 0 Å². The number of rotatable bonds is 11. The minimum atomic E-state index is -3.80. The molecule has 2 aromatic carbocycles. The smallest absolute Gasteiger partial charge is 0.244 e. The topological polar surface area (TPSA) is 96.0 Å². The Bertz CT molecular complexity index is 1110. The minimum Gasteiger partial charge on any atom is -0.497 e. The molecule has 0 aliphatic heterocycles. The summed E-state index contributed by atoms with van der Waals surface area (Å²) in [6.45, 7) is 5.17. The predicted molar refractivity (Wildman–Crippen MR) is 137 cm³/mol. The van der Waals surface area contributed by atoms with Crippen molar-refractivity contribution in [2.75, 3.05) is 24.2 Å². The number of sulfonamides is 1. The van der Waals surface area contributed by atoms with Crippen LogP contribution in [0.25, 0.3) is 0 Å². The third-order valence-corrected chi connectivity index (χ3v) is 7.06. The molecule has 2 aromatic rings. The number of ether oxygens (including phenoxy) is 1. The number of carbonyl (C=O) groups excluding carboxylic acids is 2. The minimum absolute atomic E-state index is 0.0536. The van der Waals surface area contributed by atoms with Crippen molar-refractivity contribution in [1.29, 1.82) is 0 Å². The maximum Gasteiger partial charge on any atom is 0.244 e. The Kier molecular flexibility index (Phi) is 9.93. The Labute approximate surface area is 210 Å². The molecule has 0 heterocycles. The molecule has 8 nitrogen and oxygen atoms in total. The zero-order chi connectivity index (χ0) is 25.5. The van der Waals surface area contributed by atoms with Gasteiger partial charge in [-0.15, -0.1) is 0 Å². The van der Waals surface area contributed by atoms with Crippen molar-refractivity contribution >= 4 is 43.5 Å². The molecule has 2 atom stereocenters. The number of carbonyl (C=O) groups is 2. The van der Waals surface area contributed by atoms with Crippen molar-refractivity contribution in [3.8, 4) is 5.75 Å². The molecule has 1 N–H and O–H groups in total. The highest BCUT2D eigenvalue weighted by Gasteiger charge is 2.30. The molecular weight excluding hydrogens is 522 g/mol. The van der Waals surface area contributed by atoms with Crippen molar-refractivity contribution in [2.24, 2.45) is 0 Å². The largest absolute Gasteiger partial charge is 0.497 e. The fourth-order valence-corrected chi connectivity index (χ4v) is 4.55. The van der Waals surface area contributed by atoms with E-state index in [1.165, 1.54) is 12.0 Å². The Morgan fingerprint density at radius 2 is 1.79 bits per heavy atom. The summed E-state index contributed by atoms with van der Waals surface area (Å²) in [6.07, 6.45) is 1.78. The molecule has 0 aliphatic rings. The quantitative estimate of drug-likeness (QED) is 0.459. The van der Waals surface area contributed by atoms with E-state index in [0.29, 0.717) is 11.4 Å². The summed E-state index contributed by atoms with van der Waals surface area (Å²) in [5.41, 5.74) is 1.10. The number of benzene rings is 2. The number of amides is 2. The van der Waals surface area contributed by atoms with Crippen LogP contribution in [0.2, 0.25) is 0 Å². The molecule has 186 valence electrons. The van der Waals surface area contributed by atoms with E-state index in [4.69, 9.17) is 4.74 Å². The summed E-state index contributed by atoms with van der Waals surface area (Å²) in [5, 5.41) is 2.90. The van der Waals surface area contributed by atoms with Crippen molar-refractivity contribution in [1.82, 2.24) is 10.2 Å². The van der Waals surface area contributed by atoms with E-state index in [9.17, 15) is 18.0 Å². The molecular formula is C24H32BrN3O5S.